The molecule has 2 aliphatic rings. The molecule has 0 bridgehead atoms. The Labute approximate surface area is 301 Å². The number of rotatable bonds is 22. The number of para-hydroxylation sites is 1. The second kappa shape index (κ2) is 18.0. The molecule has 0 saturated carbocycles. The van der Waals surface area contributed by atoms with Gasteiger partial charge in [-0.05, 0) is 71.8 Å². The van der Waals surface area contributed by atoms with Crippen molar-refractivity contribution in [3.05, 3.63) is 65.9 Å². The number of fused-ring (bicyclic) bond motifs is 1. The summed E-state index contributed by atoms with van der Waals surface area (Å²) in [6, 6.07) is 7.93. The maximum absolute atomic E-state index is 11.6. The van der Waals surface area contributed by atoms with Gasteiger partial charge in [-0.3, -0.25) is 23.5 Å². The summed E-state index contributed by atoms with van der Waals surface area (Å²) >= 11 is 0. The maximum atomic E-state index is 11.6. The van der Waals surface area contributed by atoms with Gasteiger partial charge in [0, 0.05) is 47.5 Å². The van der Waals surface area contributed by atoms with Crippen molar-refractivity contribution in [2.24, 2.45) is 10.5 Å². The van der Waals surface area contributed by atoms with E-state index in [0.29, 0.717) is 50.3 Å². The number of benzene rings is 1. The molecule has 2 aliphatic heterocycles. The molecule has 14 nitrogen and oxygen atoms in total. The van der Waals surface area contributed by atoms with Crippen LogP contribution in [-0.4, -0.2) is 103 Å². The number of hydrogen-bond donors (Lipinski definition) is 3. The summed E-state index contributed by atoms with van der Waals surface area (Å²) in [4.78, 5) is 10.5. The molecule has 2 heterocycles. The van der Waals surface area contributed by atoms with Crippen LogP contribution in [-0.2, 0) is 45.3 Å². The van der Waals surface area contributed by atoms with Gasteiger partial charge in [0.2, 0.25) is 5.69 Å². The Morgan fingerprint density at radius 2 is 1.41 bits per heavy atom. The van der Waals surface area contributed by atoms with Gasteiger partial charge in [-0.2, -0.15) is 34.9 Å². The van der Waals surface area contributed by atoms with E-state index in [2.05, 4.69) is 16.6 Å². The number of nitrogens with zero attached hydrogens (tertiary/aromatic N) is 3. The standard InChI is InChI=1S/C34H49N3O11S3/c1-28-33(2,19-12-24-49(39,40)41)32(37(35-28)22-14-26-51(45,46)47)18-7-4-6-17-31-34(3,20-13-25-50(42,43)44)29-15-8-9-16-30(29)36(31)21-10-5-11-23-48-27-38/h4,6-9,15-18,27H,5,10-14,19-26H2,1-3H3,(H2-,39,40,41,42,43,44,45,46,47)/p+1. The summed E-state index contributed by atoms with van der Waals surface area (Å²) in [6.45, 7) is 7.38. The van der Waals surface area contributed by atoms with Gasteiger partial charge >= 0.3 is 0 Å². The summed E-state index contributed by atoms with van der Waals surface area (Å²) < 4.78 is 104. The van der Waals surface area contributed by atoms with Crippen LogP contribution < -0.4 is 0 Å². The number of allylic oxidation sites excluding steroid dienone is 6. The Kier molecular flexibility index (Phi) is 14.9. The van der Waals surface area contributed by atoms with Crippen molar-refractivity contribution in [1.82, 2.24) is 5.01 Å². The number of carbonyl (C=O) groups is 1. The van der Waals surface area contributed by atoms with Crippen molar-refractivity contribution in [1.29, 1.82) is 0 Å². The molecule has 2 atom stereocenters. The molecule has 0 aliphatic carbocycles. The molecular weight excluding hydrogens is 723 g/mol. The molecule has 0 fully saturated rings. The Morgan fingerprint density at radius 3 is 2.04 bits per heavy atom. The van der Waals surface area contributed by atoms with E-state index in [9.17, 15) is 43.7 Å². The molecule has 0 amide bonds. The molecule has 2 unspecified atom stereocenters. The average Bonchev–Trinajstić information content (AvgIpc) is 3.39. The lowest BCUT2D eigenvalue weighted by Gasteiger charge is -2.29. The third kappa shape index (κ3) is 12.5. The van der Waals surface area contributed by atoms with Crippen LogP contribution >= 0.6 is 0 Å². The van der Waals surface area contributed by atoms with Crippen LogP contribution in [0, 0.1) is 5.41 Å². The molecule has 1 aromatic rings. The normalized spacial score (nSPS) is 22.0. The van der Waals surface area contributed by atoms with Crippen LogP contribution in [0.25, 0.3) is 0 Å². The topological polar surface area (TPSA) is 208 Å². The molecule has 3 rings (SSSR count). The van der Waals surface area contributed by atoms with Crippen molar-refractivity contribution in [2.45, 2.75) is 77.6 Å². The minimum absolute atomic E-state index is 0.104. The molecule has 17 heteroatoms. The Balaban J connectivity index is 1.96. The van der Waals surface area contributed by atoms with Crippen molar-refractivity contribution in [3.8, 4) is 0 Å². The molecule has 51 heavy (non-hydrogen) atoms. The second-order valence-corrected chi connectivity index (χ2v) is 18.0. The molecular formula is C34H50N3O11S3+. The molecule has 0 saturated heterocycles. The smallest absolute Gasteiger partial charge is 0.293 e. The lowest BCUT2D eigenvalue weighted by Crippen LogP contribution is -2.32. The zero-order valence-electron chi connectivity index (χ0n) is 29.3. The molecule has 1 aromatic carbocycles. The van der Waals surface area contributed by atoms with Gasteiger partial charge in [-0.15, -0.1) is 0 Å². The Morgan fingerprint density at radius 1 is 0.804 bits per heavy atom. The summed E-state index contributed by atoms with van der Waals surface area (Å²) in [5, 5.41) is 6.27. The third-order valence-corrected chi connectivity index (χ3v) is 11.8. The first-order valence-corrected chi connectivity index (χ1v) is 21.7. The van der Waals surface area contributed by atoms with Gasteiger partial charge in [0.1, 0.15) is 6.54 Å². The first-order chi connectivity index (χ1) is 23.8. The van der Waals surface area contributed by atoms with Crippen molar-refractivity contribution >= 4 is 53.9 Å². The van der Waals surface area contributed by atoms with E-state index in [0.717, 1.165) is 29.8 Å². The van der Waals surface area contributed by atoms with Crippen LogP contribution in [0.5, 0.6) is 0 Å². The van der Waals surface area contributed by atoms with Crippen LogP contribution in [0.4, 0.5) is 5.69 Å². The minimum Gasteiger partial charge on any atom is -0.468 e. The highest BCUT2D eigenvalue weighted by atomic mass is 32.2. The number of unbranched alkanes of at least 4 members (excludes halogenated alkanes) is 2. The highest BCUT2D eigenvalue weighted by Gasteiger charge is 2.47. The molecule has 0 aromatic heterocycles. The predicted molar refractivity (Wildman–Crippen MR) is 196 cm³/mol. The lowest BCUT2D eigenvalue weighted by molar-refractivity contribution is -0.438. The van der Waals surface area contributed by atoms with Gasteiger partial charge < -0.3 is 4.74 Å². The summed E-state index contributed by atoms with van der Waals surface area (Å²) in [7, 11) is -12.5. The fourth-order valence-electron chi connectivity index (χ4n) is 6.73. The minimum atomic E-state index is -4.18. The van der Waals surface area contributed by atoms with E-state index in [-0.39, 0.29) is 31.6 Å². The number of ether oxygens (including phenoxy) is 1. The van der Waals surface area contributed by atoms with E-state index in [1.165, 1.54) is 0 Å². The SMILES string of the molecule is CC1=NN(CCCS(=O)(=O)O)\C(=C/C=C/C=C/C2=[N+](CCCCCOC=O)c3ccccc3C2(C)CCCS(=O)(=O)O)C1(C)CCCS(=O)(=O)O. The summed E-state index contributed by atoms with van der Waals surface area (Å²) in [6.07, 6.45) is 12.9. The quantitative estimate of drug-likeness (QED) is 0.0482. The third-order valence-electron chi connectivity index (χ3n) is 9.43. The molecule has 284 valence electrons. The molecule has 3 N–H and O–H groups in total. The van der Waals surface area contributed by atoms with Crippen LogP contribution in [0.15, 0.2) is 65.4 Å². The summed E-state index contributed by atoms with van der Waals surface area (Å²) in [5.74, 6) is -1.23. The van der Waals surface area contributed by atoms with E-state index < -0.39 is 52.7 Å². The highest BCUT2D eigenvalue weighted by Crippen LogP contribution is 2.44. The number of hydrazone groups is 1. The average molecular weight is 773 g/mol. The number of carbonyl (C=O) groups excluding carboxylic acids is 1. The van der Waals surface area contributed by atoms with E-state index >= 15 is 0 Å². The molecule has 0 radical (unpaired) electrons. The van der Waals surface area contributed by atoms with Gasteiger partial charge in [0.25, 0.3) is 36.8 Å². The van der Waals surface area contributed by atoms with Gasteiger partial charge in [0.05, 0.1) is 29.3 Å². The van der Waals surface area contributed by atoms with E-state index in [1.54, 1.807) is 18.0 Å². The van der Waals surface area contributed by atoms with Crippen LogP contribution in [0.3, 0.4) is 0 Å². The Hall–Kier alpha value is -3.22. The lowest BCUT2D eigenvalue weighted by atomic mass is 9.76. The first-order valence-electron chi connectivity index (χ1n) is 16.8. The van der Waals surface area contributed by atoms with E-state index in [1.807, 2.05) is 55.5 Å². The second-order valence-electron chi connectivity index (χ2n) is 13.3. The van der Waals surface area contributed by atoms with Gasteiger partial charge in [-0.25, -0.2) is 0 Å². The monoisotopic (exact) mass is 772 g/mol. The number of hydrogen-bond acceptors (Lipinski definition) is 10. The van der Waals surface area contributed by atoms with Crippen molar-refractivity contribution in [3.63, 3.8) is 0 Å². The van der Waals surface area contributed by atoms with Crippen molar-refractivity contribution < 1.29 is 53.0 Å². The predicted octanol–water partition coefficient (Wildman–Crippen LogP) is 4.69. The van der Waals surface area contributed by atoms with E-state index in [4.69, 9.17) is 4.74 Å². The van der Waals surface area contributed by atoms with Crippen molar-refractivity contribution in [2.75, 3.05) is 37.0 Å². The zero-order chi connectivity index (χ0) is 37.9. The fraction of sp³-hybridized carbons (Fsp3) is 0.559. The Bertz CT molecular complexity index is 1890. The fourth-order valence-corrected chi connectivity index (χ4v) is 8.25. The van der Waals surface area contributed by atoms with Crippen LogP contribution in [0.1, 0.15) is 77.7 Å². The first kappa shape index (κ1) is 42.2. The largest absolute Gasteiger partial charge is 0.468 e. The summed E-state index contributed by atoms with van der Waals surface area (Å²) in [5.41, 5.74) is 3.09. The maximum Gasteiger partial charge on any atom is 0.293 e. The highest BCUT2D eigenvalue weighted by molar-refractivity contribution is 7.86. The van der Waals surface area contributed by atoms with Crippen LogP contribution in [0.2, 0.25) is 0 Å². The van der Waals surface area contributed by atoms with Gasteiger partial charge in [0.15, 0.2) is 5.71 Å². The van der Waals surface area contributed by atoms with Gasteiger partial charge in [-0.1, -0.05) is 36.4 Å². The zero-order valence-corrected chi connectivity index (χ0v) is 31.8. The molecule has 0 spiro atoms.